The number of carbonyl (C=O) groups excluding carboxylic acids is 2. The van der Waals surface area contributed by atoms with E-state index in [4.69, 9.17) is 10.5 Å². The van der Waals surface area contributed by atoms with Crippen molar-refractivity contribution in [2.75, 3.05) is 44.7 Å². The number of para-hydroxylation sites is 2. The van der Waals surface area contributed by atoms with Crippen LogP contribution in [0.2, 0.25) is 0 Å². The number of hydrogen-bond acceptors (Lipinski definition) is 5. The zero-order valence-corrected chi connectivity index (χ0v) is 19.4. The number of carbonyl (C=O) groups is 2. The Morgan fingerprint density at radius 2 is 1.67 bits per heavy atom. The summed E-state index contributed by atoms with van der Waals surface area (Å²) in [7, 11) is 1.71. The van der Waals surface area contributed by atoms with Gasteiger partial charge in [-0.1, -0.05) is 36.4 Å². The first-order valence-corrected chi connectivity index (χ1v) is 11.8. The Bertz CT molecular complexity index is 972. The summed E-state index contributed by atoms with van der Waals surface area (Å²) in [4.78, 5) is 31.4. The van der Waals surface area contributed by atoms with Crippen LogP contribution in [0.15, 0.2) is 48.5 Å². The number of nitrogens with zero attached hydrogens (tertiary/aromatic N) is 3. The average molecular weight is 451 g/mol. The summed E-state index contributed by atoms with van der Waals surface area (Å²) in [6.07, 6.45) is 2.74. The molecule has 7 heteroatoms. The van der Waals surface area contributed by atoms with E-state index in [0.29, 0.717) is 19.4 Å². The number of anilines is 1. The van der Waals surface area contributed by atoms with Crippen molar-refractivity contribution in [1.29, 1.82) is 0 Å². The Balaban J connectivity index is 1.22. The van der Waals surface area contributed by atoms with Gasteiger partial charge >= 0.3 is 0 Å². The molecule has 2 aromatic carbocycles. The largest absolute Gasteiger partial charge is 0.495 e. The third-order valence-electron chi connectivity index (χ3n) is 6.81. The van der Waals surface area contributed by atoms with Crippen LogP contribution in [0, 0.1) is 0 Å². The van der Waals surface area contributed by atoms with Crippen molar-refractivity contribution in [1.82, 2.24) is 9.80 Å². The van der Waals surface area contributed by atoms with E-state index in [2.05, 4.69) is 15.9 Å². The molecule has 0 aromatic heterocycles. The van der Waals surface area contributed by atoms with Crippen LogP contribution in [0.25, 0.3) is 0 Å². The lowest BCUT2D eigenvalue weighted by atomic mass is 9.93. The van der Waals surface area contributed by atoms with E-state index in [1.54, 1.807) is 12.0 Å². The molecule has 0 spiro atoms. The minimum Gasteiger partial charge on any atom is -0.495 e. The zero-order valence-electron chi connectivity index (χ0n) is 19.4. The molecule has 0 aliphatic carbocycles. The van der Waals surface area contributed by atoms with E-state index >= 15 is 0 Å². The molecular weight excluding hydrogens is 416 g/mol. The quantitative estimate of drug-likeness (QED) is 0.625. The van der Waals surface area contributed by atoms with E-state index in [0.717, 1.165) is 68.1 Å². The minimum atomic E-state index is -0.546. The highest BCUT2D eigenvalue weighted by Gasteiger charge is 2.32. The fraction of sp³-hybridized carbons (Fsp3) is 0.462. The first-order chi connectivity index (χ1) is 16.1. The van der Waals surface area contributed by atoms with Gasteiger partial charge in [0.25, 0.3) is 0 Å². The maximum atomic E-state index is 12.9. The van der Waals surface area contributed by atoms with Crippen LogP contribution in [-0.2, 0) is 22.6 Å². The Labute approximate surface area is 196 Å². The van der Waals surface area contributed by atoms with Crippen molar-refractivity contribution in [2.24, 2.45) is 5.73 Å². The summed E-state index contributed by atoms with van der Waals surface area (Å²) < 4.78 is 5.50. The summed E-state index contributed by atoms with van der Waals surface area (Å²) in [6.45, 7) is 5.37. The fourth-order valence-corrected chi connectivity index (χ4v) is 4.90. The number of hydrogen-bond donors (Lipinski definition) is 1. The Morgan fingerprint density at radius 3 is 2.39 bits per heavy atom. The summed E-state index contributed by atoms with van der Waals surface area (Å²) in [6, 6.07) is 15.6. The van der Waals surface area contributed by atoms with Crippen molar-refractivity contribution < 1.29 is 14.3 Å². The SMILES string of the molecule is COc1ccccc1N1CCN(CCCCC(=O)N2Cc3ccccc3C[C@H]2C(N)=O)CC1. The molecule has 33 heavy (non-hydrogen) atoms. The molecule has 0 unspecified atom stereocenters. The van der Waals surface area contributed by atoms with E-state index in [1.807, 2.05) is 42.5 Å². The van der Waals surface area contributed by atoms with Crippen LogP contribution >= 0.6 is 0 Å². The number of nitrogens with two attached hydrogens (primary N) is 1. The number of amides is 2. The molecule has 7 nitrogen and oxygen atoms in total. The van der Waals surface area contributed by atoms with Crippen molar-refractivity contribution >= 4 is 17.5 Å². The van der Waals surface area contributed by atoms with Crippen LogP contribution in [0.5, 0.6) is 5.75 Å². The summed E-state index contributed by atoms with van der Waals surface area (Å²) in [5, 5.41) is 0. The molecule has 2 N–H and O–H groups in total. The molecule has 1 saturated heterocycles. The second-order valence-electron chi connectivity index (χ2n) is 8.87. The highest BCUT2D eigenvalue weighted by Crippen LogP contribution is 2.28. The third kappa shape index (κ3) is 5.47. The van der Waals surface area contributed by atoms with Gasteiger partial charge in [0.2, 0.25) is 11.8 Å². The lowest BCUT2D eigenvalue weighted by molar-refractivity contribution is -0.140. The van der Waals surface area contributed by atoms with Gasteiger partial charge in [-0.15, -0.1) is 0 Å². The van der Waals surface area contributed by atoms with Gasteiger partial charge in [-0.3, -0.25) is 14.5 Å². The lowest BCUT2D eigenvalue weighted by Crippen LogP contribution is -2.51. The molecule has 2 aliphatic heterocycles. The van der Waals surface area contributed by atoms with Crippen molar-refractivity contribution in [3.63, 3.8) is 0 Å². The van der Waals surface area contributed by atoms with Crippen LogP contribution in [-0.4, -0.2) is 67.5 Å². The normalized spacial score (nSPS) is 18.6. The number of unbranched alkanes of at least 4 members (excludes halogenated alkanes) is 1. The molecule has 4 rings (SSSR count). The van der Waals surface area contributed by atoms with E-state index in [9.17, 15) is 9.59 Å². The highest BCUT2D eigenvalue weighted by atomic mass is 16.5. The van der Waals surface area contributed by atoms with Gasteiger partial charge in [0.05, 0.1) is 12.8 Å². The lowest BCUT2D eigenvalue weighted by Gasteiger charge is -2.37. The van der Waals surface area contributed by atoms with E-state index in [1.165, 1.54) is 0 Å². The van der Waals surface area contributed by atoms with Gasteiger partial charge in [-0.05, 0) is 42.6 Å². The second kappa shape index (κ2) is 10.7. The van der Waals surface area contributed by atoms with Gasteiger partial charge < -0.3 is 20.3 Å². The number of primary amides is 1. The molecule has 0 saturated carbocycles. The van der Waals surface area contributed by atoms with Crippen LogP contribution in [0.4, 0.5) is 5.69 Å². The van der Waals surface area contributed by atoms with Crippen molar-refractivity contribution in [2.45, 2.75) is 38.3 Å². The summed E-state index contributed by atoms with van der Waals surface area (Å²) in [5.74, 6) is 0.513. The number of methoxy groups -OCH3 is 1. The van der Waals surface area contributed by atoms with Crippen molar-refractivity contribution in [3.05, 3.63) is 59.7 Å². The standard InChI is InChI=1S/C26H34N4O3/c1-33-24-11-5-4-10-22(24)29-16-14-28(15-17-29)13-7-6-12-25(31)30-19-21-9-3-2-8-20(21)18-23(30)26(27)32/h2-5,8-11,23H,6-7,12-19H2,1H3,(H2,27,32)/t23-/m0/s1. The van der Waals surface area contributed by atoms with E-state index in [-0.39, 0.29) is 5.91 Å². The predicted octanol–water partition coefficient (Wildman–Crippen LogP) is 2.43. The molecular formula is C26H34N4O3. The summed E-state index contributed by atoms with van der Waals surface area (Å²) >= 11 is 0. The smallest absolute Gasteiger partial charge is 0.240 e. The molecule has 176 valence electrons. The van der Waals surface area contributed by atoms with Gasteiger partial charge in [0.1, 0.15) is 11.8 Å². The molecule has 1 atom stereocenters. The molecule has 2 amide bonds. The molecule has 2 heterocycles. The van der Waals surface area contributed by atoms with Gasteiger partial charge in [0.15, 0.2) is 0 Å². The van der Waals surface area contributed by atoms with E-state index < -0.39 is 11.9 Å². The van der Waals surface area contributed by atoms with Crippen LogP contribution in [0.3, 0.4) is 0 Å². The number of rotatable bonds is 8. The van der Waals surface area contributed by atoms with Gasteiger partial charge in [-0.2, -0.15) is 0 Å². The maximum absolute atomic E-state index is 12.9. The number of piperazine rings is 1. The molecule has 0 radical (unpaired) electrons. The van der Waals surface area contributed by atoms with Crippen LogP contribution < -0.4 is 15.4 Å². The molecule has 2 aromatic rings. The topological polar surface area (TPSA) is 79.1 Å². The number of ether oxygens (including phenoxy) is 1. The Morgan fingerprint density at radius 1 is 0.970 bits per heavy atom. The first-order valence-electron chi connectivity index (χ1n) is 11.8. The van der Waals surface area contributed by atoms with Gasteiger partial charge in [-0.25, -0.2) is 0 Å². The molecule has 2 aliphatic rings. The Kier molecular flexibility index (Phi) is 7.50. The summed E-state index contributed by atoms with van der Waals surface area (Å²) in [5.41, 5.74) is 8.99. The first kappa shape index (κ1) is 23.1. The Hall–Kier alpha value is -3.06. The average Bonchev–Trinajstić information content (AvgIpc) is 2.86. The highest BCUT2D eigenvalue weighted by molar-refractivity contribution is 5.87. The zero-order chi connectivity index (χ0) is 23.2. The number of benzene rings is 2. The van der Waals surface area contributed by atoms with Crippen LogP contribution in [0.1, 0.15) is 30.4 Å². The molecule has 1 fully saturated rings. The fourth-order valence-electron chi connectivity index (χ4n) is 4.90. The second-order valence-corrected chi connectivity index (χ2v) is 8.87. The maximum Gasteiger partial charge on any atom is 0.240 e. The third-order valence-corrected chi connectivity index (χ3v) is 6.81. The molecule has 0 bridgehead atoms. The van der Waals surface area contributed by atoms with Crippen molar-refractivity contribution in [3.8, 4) is 5.75 Å². The van der Waals surface area contributed by atoms with Gasteiger partial charge in [0, 0.05) is 45.6 Å². The predicted molar refractivity (Wildman–Crippen MR) is 129 cm³/mol. The monoisotopic (exact) mass is 450 g/mol. The minimum absolute atomic E-state index is 0.0225. The number of fused-ring (bicyclic) bond motifs is 1.